The van der Waals surface area contributed by atoms with E-state index in [1.54, 1.807) is 6.92 Å². The molecular weight excluding hydrogens is 220 g/mol. The molecule has 2 aromatic heterocycles. The molecule has 2 aromatic rings. The molecule has 0 unspecified atom stereocenters. The van der Waals surface area contributed by atoms with E-state index in [1.807, 2.05) is 6.92 Å². The standard InChI is InChI=1S/C11H12N4O2/c1-4-7-12-8-9(13-7)14(5-2)11(17)15(6-3)10(8)16/h1H,5-6H2,2-3H3,(H,12,13). The van der Waals surface area contributed by atoms with Gasteiger partial charge in [-0.3, -0.25) is 13.9 Å². The fourth-order valence-corrected chi connectivity index (χ4v) is 1.80. The van der Waals surface area contributed by atoms with Crippen molar-refractivity contribution in [2.24, 2.45) is 0 Å². The second kappa shape index (κ2) is 3.94. The number of aromatic amines is 1. The third kappa shape index (κ3) is 1.47. The van der Waals surface area contributed by atoms with E-state index in [2.05, 4.69) is 15.9 Å². The summed E-state index contributed by atoms with van der Waals surface area (Å²) in [6.07, 6.45) is 5.22. The first kappa shape index (κ1) is 11.2. The molecule has 2 heterocycles. The van der Waals surface area contributed by atoms with Gasteiger partial charge in [0.2, 0.25) is 0 Å². The summed E-state index contributed by atoms with van der Waals surface area (Å²) >= 11 is 0. The molecule has 0 aliphatic heterocycles. The second-order valence-corrected chi connectivity index (χ2v) is 3.50. The number of nitrogens with zero attached hydrogens (tertiary/aromatic N) is 3. The summed E-state index contributed by atoms with van der Waals surface area (Å²) in [7, 11) is 0. The first-order valence-corrected chi connectivity index (χ1v) is 5.34. The second-order valence-electron chi connectivity index (χ2n) is 3.50. The van der Waals surface area contributed by atoms with E-state index in [0.29, 0.717) is 18.7 Å². The maximum Gasteiger partial charge on any atom is 0.332 e. The molecule has 1 N–H and O–H groups in total. The van der Waals surface area contributed by atoms with Crippen LogP contribution in [0.3, 0.4) is 0 Å². The van der Waals surface area contributed by atoms with Crippen molar-refractivity contribution < 1.29 is 0 Å². The first-order chi connectivity index (χ1) is 8.13. The van der Waals surface area contributed by atoms with Crippen LogP contribution in [0.2, 0.25) is 0 Å². The Hall–Kier alpha value is -2.29. The van der Waals surface area contributed by atoms with Crippen molar-refractivity contribution in [3.63, 3.8) is 0 Å². The number of H-pyrrole nitrogens is 1. The number of aryl methyl sites for hydroxylation is 1. The molecule has 0 aliphatic carbocycles. The third-order valence-corrected chi connectivity index (χ3v) is 2.63. The molecular formula is C11H12N4O2. The summed E-state index contributed by atoms with van der Waals surface area (Å²) in [5.74, 6) is 2.58. The van der Waals surface area contributed by atoms with Crippen LogP contribution in [0.25, 0.3) is 11.2 Å². The van der Waals surface area contributed by atoms with Gasteiger partial charge in [0, 0.05) is 13.1 Å². The van der Waals surface area contributed by atoms with Gasteiger partial charge in [-0.2, -0.15) is 0 Å². The van der Waals surface area contributed by atoms with Crippen LogP contribution in [0.15, 0.2) is 9.59 Å². The maximum absolute atomic E-state index is 12.0. The lowest BCUT2D eigenvalue weighted by atomic mass is 10.5. The zero-order chi connectivity index (χ0) is 12.6. The van der Waals surface area contributed by atoms with Crippen LogP contribution in [-0.4, -0.2) is 19.1 Å². The Morgan fingerprint density at radius 2 is 1.94 bits per heavy atom. The molecule has 88 valence electrons. The smallest absolute Gasteiger partial charge is 0.325 e. The normalized spacial score (nSPS) is 10.6. The molecule has 0 radical (unpaired) electrons. The number of nitrogens with one attached hydrogen (secondary N) is 1. The average molecular weight is 232 g/mol. The Kier molecular flexibility index (Phi) is 2.60. The number of fused-ring (bicyclic) bond motifs is 1. The highest BCUT2D eigenvalue weighted by atomic mass is 16.2. The molecule has 6 nitrogen and oxygen atoms in total. The van der Waals surface area contributed by atoms with Crippen molar-refractivity contribution in [1.82, 2.24) is 19.1 Å². The third-order valence-electron chi connectivity index (χ3n) is 2.63. The SMILES string of the molecule is C#Cc1nc2c([nH]1)c(=O)n(CC)c(=O)n2CC. The Labute approximate surface area is 96.9 Å². The summed E-state index contributed by atoms with van der Waals surface area (Å²) < 4.78 is 2.59. The zero-order valence-electron chi connectivity index (χ0n) is 9.65. The van der Waals surface area contributed by atoms with Crippen LogP contribution >= 0.6 is 0 Å². The van der Waals surface area contributed by atoms with Crippen LogP contribution < -0.4 is 11.2 Å². The van der Waals surface area contributed by atoms with Crippen molar-refractivity contribution in [3.8, 4) is 12.3 Å². The van der Waals surface area contributed by atoms with Crippen LogP contribution in [0.5, 0.6) is 0 Å². The van der Waals surface area contributed by atoms with Crippen LogP contribution in [0.1, 0.15) is 19.7 Å². The van der Waals surface area contributed by atoms with Crippen molar-refractivity contribution in [2.45, 2.75) is 26.9 Å². The number of aromatic nitrogens is 4. The number of hydrogen-bond donors (Lipinski definition) is 1. The Morgan fingerprint density at radius 1 is 1.29 bits per heavy atom. The largest absolute Gasteiger partial charge is 0.332 e. The molecule has 2 rings (SSSR count). The Bertz CT molecular complexity index is 727. The lowest BCUT2D eigenvalue weighted by Crippen LogP contribution is -2.39. The highest BCUT2D eigenvalue weighted by molar-refractivity contribution is 5.70. The van der Waals surface area contributed by atoms with Gasteiger partial charge in [0.1, 0.15) is 0 Å². The Morgan fingerprint density at radius 3 is 2.47 bits per heavy atom. The van der Waals surface area contributed by atoms with Crippen molar-refractivity contribution in [3.05, 3.63) is 26.7 Å². The predicted octanol–water partition coefficient (Wildman–Crippen LogP) is -0.0926. The molecule has 0 fully saturated rings. The number of hydrogen-bond acceptors (Lipinski definition) is 3. The van der Waals surface area contributed by atoms with E-state index in [-0.39, 0.29) is 22.6 Å². The van der Waals surface area contributed by atoms with Crippen LogP contribution in [0.4, 0.5) is 0 Å². The summed E-state index contributed by atoms with van der Waals surface area (Å²) in [6, 6.07) is 0. The Balaban J connectivity index is 3.05. The van der Waals surface area contributed by atoms with Gasteiger partial charge in [0.05, 0.1) is 0 Å². The summed E-state index contributed by atoms with van der Waals surface area (Å²) in [5.41, 5.74) is -0.143. The fraction of sp³-hybridized carbons (Fsp3) is 0.364. The molecule has 0 atom stereocenters. The van der Waals surface area contributed by atoms with E-state index < -0.39 is 0 Å². The summed E-state index contributed by atoms with van der Waals surface area (Å²) in [4.78, 5) is 30.8. The minimum absolute atomic E-state index is 0.257. The molecule has 0 saturated heterocycles. The van der Waals surface area contributed by atoms with Crippen molar-refractivity contribution in [1.29, 1.82) is 0 Å². The molecule has 0 aliphatic rings. The summed E-state index contributed by atoms with van der Waals surface area (Å²) in [6.45, 7) is 4.31. The lowest BCUT2D eigenvalue weighted by molar-refractivity contribution is 0.605. The van der Waals surface area contributed by atoms with Crippen molar-refractivity contribution in [2.75, 3.05) is 0 Å². The van der Waals surface area contributed by atoms with Gasteiger partial charge in [-0.05, 0) is 19.8 Å². The van der Waals surface area contributed by atoms with E-state index in [4.69, 9.17) is 6.42 Å². The summed E-state index contributed by atoms with van der Waals surface area (Å²) in [5, 5.41) is 0. The fourth-order valence-electron chi connectivity index (χ4n) is 1.80. The molecule has 6 heteroatoms. The maximum atomic E-state index is 12.0. The van der Waals surface area contributed by atoms with Gasteiger partial charge in [-0.1, -0.05) is 0 Å². The number of imidazole rings is 1. The number of terminal acetylenes is 1. The van der Waals surface area contributed by atoms with Crippen LogP contribution in [0, 0.1) is 12.3 Å². The first-order valence-electron chi connectivity index (χ1n) is 5.34. The van der Waals surface area contributed by atoms with Gasteiger partial charge in [0.25, 0.3) is 5.56 Å². The topological polar surface area (TPSA) is 72.7 Å². The monoisotopic (exact) mass is 232 g/mol. The average Bonchev–Trinajstić information content (AvgIpc) is 2.74. The highest BCUT2D eigenvalue weighted by Gasteiger charge is 2.14. The quantitative estimate of drug-likeness (QED) is 0.735. The van der Waals surface area contributed by atoms with E-state index >= 15 is 0 Å². The van der Waals surface area contributed by atoms with Crippen molar-refractivity contribution >= 4 is 11.2 Å². The van der Waals surface area contributed by atoms with Gasteiger partial charge >= 0.3 is 5.69 Å². The molecule has 0 aromatic carbocycles. The number of rotatable bonds is 2. The van der Waals surface area contributed by atoms with Gasteiger partial charge in [-0.25, -0.2) is 9.78 Å². The molecule has 17 heavy (non-hydrogen) atoms. The van der Waals surface area contributed by atoms with E-state index in [0.717, 1.165) is 4.57 Å². The van der Waals surface area contributed by atoms with E-state index in [1.165, 1.54) is 4.57 Å². The molecule has 0 bridgehead atoms. The van der Waals surface area contributed by atoms with E-state index in [9.17, 15) is 9.59 Å². The minimum atomic E-state index is -0.383. The molecule has 0 spiro atoms. The minimum Gasteiger partial charge on any atom is -0.325 e. The van der Waals surface area contributed by atoms with Gasteiger partial charge < -0.3 is 4.98 Å². The lowest BCUT2D eigenvalue weighted by Gasteiger charge is -2.06. The molecule has 0 saturated carbocycles. The highest BCUT2D eigenvalue weighted by Crippen LogP contribution is 2.04. The van der Waals surface area contributed by atoms with Crippen LogP contribution in [-0.2, 0) is 13.1 Å². The molecule has 0 amide bonds. The van der Waals surface area contributed by atoms with Gasteiger partial charge in [-0.15, -0.1) is 6.42 Å². The predicted molar refractivity (Wildman–Crippen MR) is 63.9 cm³/mol. The van der Waals surface area contributed by atoms with Gasteiger partial charge in [0.15, 0.2) is 17.0 Å². The zero-order valence-corrected chi connectivity index (χ0v) is 9.65.